The van der Waals surface area contributed by atoms with Gasteiger partial charge in [-0.3, -0.25) is 0 Å². The number of fused-ring (bicyclic) bond motifs is 2. The van der Waals surface area contributed by atoms with Gasteiger partial charge in [0, 0.05) is 32.2 Å². The Balaban J connectivity index is 1.33. The molecule has 3 atom stereocenters. The number of hydrogen-bond donors (Lipinski definition) is 1. The molecule has 3 aliphatic rings. The van der Waals surface area contributed by atoms with Gasteiger partial charge in [-0.15, -0.1) is 0 Å². The summed E-state index contributed by atoms with van der Waals surface area (Å²) in [5.74, 6) is 1.67. The maximum Gasteiger partial charge on any atom is 0.243 e. The Morgan fingerprint density at radius 3 is 2.36 bits per heavy atom. The van der Waals surface area contributed by atoms with Gasteiger partial charge in [0.25, 0.3) is 0 Å². The van der Waals surface area contributed by atoms with Crippen molar-refractivity contribution >= 4 is 27.4 Å². The zero-order valence-corrected chi connectivity index (χ0v) is 15.9. The first kappa shape index (κ1) is 17.2. The Hall–Kier alpha value is -1.18. The van der Waals surface area contributed by atoms with Crippen LogP contribution in [-0.4, -0.2) is 55.0 Å². The summed E-state index contributed by atoms with van der Waals surface area (Å²) in [7, 11) is -3.40. The average Bonchev–Trinajstić information content (AvgIpc) is 3.25. The van der Waals surface area contributed by atoms with E-state index < -0.39 is 10.0 Å². The van der Waals surface area contributed by atoms with Crippen molar-refractivity contribution in [2.45, 2.75) is 36.6 Å². The topological polar surface area (TPSA) is 52.7 Å². The van der Waals surface area contributed by atoms with E-state index in [0.29, 0.717) is 37.1 Å². The Morgan fingerprint density at radius 1 is 1.04 bits per heavy atom. The molecule has 1 aliphatic heterocycles. The first-order valence-corrected chi connectivity index (χ1v) is 11.0. The summed E-state index contributed by atoms with van der Waals surface area (Å²) in [6, 6.07) is 9.19. The first-order chi connectivity index (χ1) is 12.0. The second kappa shape index (κ2) is 6.85. The molecule has 0 radical (unpaired) electrons. The molecular weight excluding hydrogens is 354 g/mol. The van der Waals surface area contributed by atoms with Crippen molar-refractivity contribution in [3.63, 3.8) is 0 Å². The molecule has 3 fully saturated rings. The van der Waals surface area contributed by atoms with Crippen LogP contribution >= 0.6 is 12.2 Å². The van der Waals surface area contributed by atoms with E-state index in [-0.39, 0.29) is 0 Å². The van der Waals surface area contributed by atoms with Crippen LogP contribution in [0.5, 0.6) is 0 Å². The summed E-state index contributed by atoms with van der Waals surface area (Å²) in [6.07, 6.45) is 5.30. The fourth-order valence-electron chi connectivity index (χ4n) is 4.54. The predicted octanol–water partition coefficient (Wildman–Crippen LogP) is 2.06. The lowest BCUT2D eigenvalue weighted by Gasteiger charge is -2.37. The van der Waals surface area contributed by atoms with Gasteiger partial charge in [-0.1, -0.05) is 24.6 Å². The number of nitrogens with one attached hydrogen (secondary N) is 1. The van der Waals surface area contributed by atoms with Crippen molar-refractivity contribution < 1.29 is 8.42 Å². The molecule has 2 saturated carbocycles. The van der Waals surface area contributed by atoms with Crippen molar-refractivity contribution in [1.82, 2.24) is 14.5 Å². The van der Waals surface area contributed by atoms with E-state index in [1.807, 2.05) is 6.07 Å². The third-order valence-corrected chi connectivity index (χ3v) is 8.24. The minimum absolute atomic E-state index is 0.367. The highest BCUT2D eigenvalue weighted by molar-refractivity contribution is 7.89. The van der Waals surface area contributed by atoms with Gasteiger partial charge in [0.1, 0.15) is 0 Å². The fourth-order valence-corrected chi connectivity index (χ4v) is 6.32. The minimum Gasteiger partial charge on any atom is -0.360 e. The van der Waals surface area contributed by atoms with E-state index in [9.17, 15) is 8.42 Å². The summed E-state index contributed by atoms with van der Waals surface area (Å²) >= 11 is 5.60. The lowest BCUT2D eigenvalue weighted by atomic mass is 9.95. The lowest BCUT2D eigenvalue weighted by Crippen LogP contribution is -2.54. The summed E-state index contributed by atoms with van der Waals surface area (Å²) in [6.45, 7) is 2.27. The van der Waals surface area contributed by atoms with Crippen molar-refractivity contribution in [2.75, 3.05) is 26.2 Å². The van der Waals surface area contributed by atoms with Crippen molar-refractivity contribution in [3.8, 4) is 0 Å². The molecule has 0 spiro atoms. The van der Waals surface area contributed by atoms with E-state index in [0.717, 1.165) is 16.9 Å². The van der Waals surface area contributed by atoms with E-state index in [2.05, 4.69) is 10.2 Å². The van der Waals surface area contributed by atoms with Gasteiger partial charge in [-0.25, -0.2) is 8.42 Å². The second-order valence-electron chi connectivity index (χ2n) is 7.44. The molecule has 2 aliphatic carbocycles. The van der Waals surface area contributed by atoms with Crippen LogP contribution in [0.3, 0.4) is 0 Å². The highest BCUT2D eigenvalue weighted by atomic mass is 32.2. The summed E-state index contributed by atoms with van der Waals surface area (Å²) in [4.78, 5) is 2.49. The van der Waals surface area contributed by atoms with Crippen LogP contribution in [0.4, 0.5) is 0 Å². The van der Waals surface area contributed by atoms with Gasteiger partial charge in [-0.2, -0.15) is 4.31 Å². The maximum atomic E-state index is 12.7. The smallest absolute Gasteiger partial charge is 0.243 e. The molecule has 4 rings (SSSR count). The zero-order chi connectivity index (χ0) is 17.4. The standard InChI is InChI=1S/C18H25N3O2S2/c22-25(23,16-4-2-1-3-5-16)21-10-8-20(9-11-21)18(24)19-17-13-14-6-7-15(17)12-14/h1-5,14-15,17H,6-13H2,(H,19,24)/t14-,15-,17-/m1/s1. The van der Waals surface area contributed by atoms with Crippen LogP contribution < -0.4 is 5.32 Å². The third kappa shape index (κ3) is 3.41. The Kier molecular flexibility index (Phi) is 4.73. The number of thiocarbonyl (C=S) groups is 1. The summed E-state index contributed by atoms with van der Waals surface area (Å²) in [5.41, 5.74) is 0. The predicted molar refractivity (Wildman–Crippen MR) is 102 cm³/mol. The van der Waals surface area contributed by atoms with Gasteiger partial charge in [0.05, 0.1) is 4.90 Å². The largest absolute Gasteiger partial charge is 0.360 e. The molecule has 0 amide bonds. The third-order valence-electron chi connectivity index (χ3n) is 5.95. The van der Waals surface area contributed by atoms with Crippen molar-refractivity contribution in [3.05, 3.63) is 30.3 Å². The molecule has 1 N–H and O–H groups in total. The molecule has 2 bridgehead atoms. The van der Waals surface area contributed by atoms with Gasteiger partial charge < -0.3 is 10.2 Å². The normalized spacial score (nSPS) is 29.8. The van der Waals surface area contributed by atoms with Gasteiger partial charge >= 0.3 is 0 Å². The van der Waals surface area contributed by atoms with E-state index >= 15 is 0 Å². The number of piperazine rings is 1. The van der Waals surface area contributed by atoms with E-state index in [1.165, 1.54) is 25.7 Å². The van der Waals surface area contributed by atoms with Crippen LogP contribution in [0, 0.1) is 11.8 Å². The van der Waals surface area contributed by atoms with Crippen LogP contribution in [0.2, 0.25) is 0 Å². The van der Waals surface area contributed by atoms with Crippen molar-refractivity contribution in [1.29, 1.82) is 0 Å². The molecule has 1 heterocycles. The number of hydrogen-bond acceptors (Lipinski definition) is 3. The Bertz CT molecular complexity index is 730. The number of nitrogens with zero attached hydrogens (tertiary/aromatic N) is 2. The molecule has 0 unspecified atom stereocenters. The van der Waals surface area contributed by atoms with Crippen molar-refractivity contribution in [2.24, 2.45) is 11.8 Å². The highest BCUT2D eigenvalue weighted by Gasteiger charge is 2.40. The summed E-state index contributed by atoms with van der Waals surface area (Å²) < 4.78 is 26.9. The molecule has 136 valence electrons. The number of benzene rings is 1. The molecule has 1 aromatic rings. The molecule has 1 saturated heterocycles. The highest BCUT2D eigenvalue weighted by Crippen LogP contribution is 2.44. The SMILES string of the molecule is O=S(=O)(c1ccccc1)N1CCN(C(=S)N[C@@H]2C[C@@H]3CC[C@@H]2C3)CC1. The molecule has 7 heteroatoms. The molecular formula is C18H25N3O2S2. The second-order valence-corrected chi connectivity index (χ2v) is 9.76. The van der Waals surface area contributed by atoms with Gasteiger partial charge in [-0.05, 0) is 55.4 Å². The maximum absolute atomic E-state index is 12.7. The first-order valence-electron chi connectivity index (χ1n) is 9.14. The number of rotatable bonds is 3. The lowest BCUT2D eigenvalue weighted by molar-refractivity contribution is 0.258. The monoisotopic (exact) mass is 379 g/mol. The Morgan fingerprint density at radius 2 is 1.76 bits per heavy atom. The van der Waals surface area contributed by atoms with Crippen LogP contribution in [0.1, 0.15) is 25.7 Å². The molecule has 1 aromatic carbocycles. The summed E-state index contributed by atoms with van der Waals surface area (Å²) in [5, 5.41) is 4.35. The zero-order valence-electron chi connectivity index (χ0n) is 14.3. The van der Waals surface area contributed by atoms with Gasteiger partial charge in [0.15, 0.2) is 5.11 Å². The Labute approximate surface area is 155 Å². The molecule has 0 aromatic heterocycles. The quantitative estimate of drug-likeness (QED) is 0.815. The molecule has 5 nitrogen and oxygen atoms in total. The average molecular weight is 380 g/mol. The van der Waals surface area contributed by atoms with Crippen LogP contribution in [0.15, 0.2) is 35.2 Å². The number of sulfonamides is 1. The van der Waals surface area contributed by atoms with E-state index in [1.54, 1.807) is 28.6 Å². The molecule has 25 heavy (non-hydrogen) atoms. The van der Waals surface area contributed by atoms with Crippen LogP contribution in [-0.2, 0) is 10.0 Å². The van der Waals surface area contributed by atoms with E-state index in [4.69, 9.17) is 12.2 Å². The van der Waals surface area contributed by atoms with Gasteiger partial charge in [0.2, 0.25) is 10.0 Å². The fraction of sp³-hybridized carbons (Fsp3) is 0.611. The van der Waals surface area contributed by atoms with Crippen LogP contribution in [0.25, 0.3) is 0 Å². The minimum atomic E-state index is -3.40.